The molecule has 0 spiro atoms. The summed E-state index contributed by atoms with van der Waals surface area (Å²) in [5.74, 6) is -0.371. The van der Waals surface area contributed by atoms with E-state index in [1.165, 1.54) is 12.0 Å². The number of carbonyl (C=O) groups excluding carboxylic acids is 2. The normalized spacial score (nSPS) is 11.3. The number of benzene rings is 2. The summed E-state index contributed by atoms with van der Waals surface area (Å²) >= 11 is 0. The Bertz CT molecular complexity index is 760. The molecule has 142 valence electrons. The number of hydrogen-bond donors (Lipinski definition) is 1. The fourth-order valence-corrected chi connectivity index (χ4v) is 2.52. The van der Waals surface area contributed by atoms with E-state index < -0.39 is 17.9 Å². The minimum atomic E-state index is -1.04. The van der Waals surface area contributed by atoms with E-state index in [4.69, 9.17) is 14.6 Å². The zero-order chi connectivity index (χ0) is 19.6. The fourth-order valence-electron chi connectivity index (χ4n) is 2.52. The Morgan fingerprint density at radius 1 is 1.07 bits per heavy atom. The van der Waals surface area contributed by atoms with Crippen molar-refractivity contribution in [1.29, 1.82) is 0 Å². The second kappa shape index (κ2) is 9.96. The number of ether oxygens (including phenoxy) is 2. The van der Waals surface area contributed by atoms with Crippen molar-refractivity contribution in [2.75, 3.05) is 18.6 Å². The maximum absolute atomic E-state index is 12.8. The zero-order valence-corrected chi connectivity index (χ0v) is 14.9. The first-order valence-corrected chi connectivity index (χ1v) is 8.36. The number of anilines is 1. The third-order valence-electron chi connectivity index (χ3n) is 3.87. The summed E-state index contributed by atoms with van der Waals surface area (Å²) in [6.45, 7) is -0.284. The summed E-state index contributed by atoms with van der Waals surface area (Å²) in [5.41, 5.74) is 0.458. The number of hydrogen-bond acceptors (Lipinski definition) is 5. The highest BCUT2D eigenvalue weighted by Crippen LogP contribution is 2.23. The predicted octanol–water partition coefficient (Wildman–Crippen LogP) is 2.54. The van der Waals surface area contributed by atoms with Gasteiger partial charge in [-0.1, -0.05) is 18.2 Å². The van der Waals surface area contributed by atoms with Gasteiger partial charge in [0.25, 0.3) is 5.91 Å². The molecular formula is C20H21NO6. The van der Waals surface area contributed by atoms with Gasteiger partial charge in [0.15, 0.2) is 6.61 Å². The third-order valence-corrected chi connectivity index (χ3v) is 3.87. The van der Waals surface area contributed by atoms with Crippen molar-refractivity contribution >= 4 is 23.9 Å². The maximum Gasteiger partial charge on any atom is 0.303 e. The van der Waals surface area contributed by atoms with E-state index in [2.05, 4.69) is 0 Å². The van der Waals surface area contributed by atoms with Crippen LogP contribution in [0.3, 0.4) is 0 Å². The number of carbonyl (C=O) groups is 3. The Kier molecular flexibility index (Phi) is 7.37. The molecule has 0 aliphatic heterocycles. The molecule has 0 heterocycles. The first-order valence-electron chi connectivity index (χ1n) is 8.36. The molecule has 0 aliphatic carbocycles. The second-order valence-electron chi connectivity index (χ2n) is 5.70. The lowest BCUT2D eigenvalue weighted by molar-refractivity contribution is -0.137. The lowest BCUT2D eigenvalue weighted by atomic mass is 10.1. The van der Waals surface area contributed by atoms with Crippen molar-refractivity contribution in [1.82, 2.24) is 0 Å². The number of amides is 1. The van der Waals surface area contributed by atoms with E-state index >= 15 is 0 Å². The second-order valence-corrected chi connectivity index (χ2v) is 5.70. The number of carboxylic acid groups (broad SMARTS) is 1. The molecule has 0 radical (unpaired) electrons. The van der Waals surface area contributed by atoms with Crippen molar-refractivity contribution in [2.45, 2.75) is 18.9 Å². The summed E-state index contributed by atoms with van der Waals surface area (Å²) in [6.07, 6.45) is 0.346. The number of nitrogens with zero attached hydrogens (tertiary/aromatic N) is 1. The Balaban J connectivity index is 2.21. The van der Waals surface area contributed by atoms with Crippen LogP contribution in [0.15, 0.2) is 54.6 Å². The van der Waals surface area contributed by atoms with Gasteiger partial charge in [-0.2, -0.15) is 0 Å². The van der Waals surface area contributed by atoms with E-state index in [0.29, 0.717) is 23.5 Å². The first-order chi connectivity index (χ1) is 13.0. The van der Waals surface area contributed by atoms with Gasteiger partial charge in [-0.3, -0.25) is 14.5 Å². The molecule has 0 aliphatic rings. The molecule has 27 heavy (non-hydrogen) atoms. The summed E-state index contributed by atoms with van der Waals surface area (Å²) in [5, 5.41) is 8.91. The van der Waals surface area contributed by atoms with Crippen molar-refractivity contribution in [3.8, 4) is 11.5 Å². The molecule has 0 saturated heterocycles. The van der Waals surface area contributed by atoms with Crippen molar-refractivity contribution < 1.29 is 29.0 Å². The SMILES string of the molecule is COc1ccc(N(C(=O)COc2ccccc2)C(C=O)CCC(=O)O)cc1. The molecule has 7 nitrogen and oxygen atoms in total. The molecule has 2 rings (SSSR count). The topological polar surface area (TPSA) is 93.1 Å². The van der Waals surface area contributed by atoms with Crippen LogP contribution in [0.2, 0.25) is 0 Å². The van der Waals surface area contributed by atoms with Gasteiger partial charge in [0.05, 0.1) is 13.2 Å². The largest absolute Gasteiger partial charge is 0.497 e. The standard InChI is InChI=1S/C20H21NO6/c1-26-17-10-7-15(8-11-17)21(16(13-22)9-12-20(24)25)19(23)14-27-18-5-3-2-4-6-18/h2-8,10-11,13,16H,9,12,14H2,1H3,(H,24,25). The molecule has 1 atom stereocenters. The Labute approximate surface area is 157 Å². The molecule has 1 N–H and O–H groups in total. The van der Waals surface area contributed by atoms with Crippen molar-refractivity contribution in [3.63, 3.8) is 0 Å². The van der Waals surface area contributed by atoms with Gasteiger partial charge in [0.1, 0.15) is 17.8 Å². The van der Waals surface area contributed by atoms with Crippen LogP contribution in [-0.2, 0) is 14.4 Å². The monoisotopic (exact) mass is 371 g/mol. The highest BCUT2D eigenvalue weighted by Gasteiger charge is 2.26. The van der Waals surface area contributed by atoms with E-state index in [0.717, 1.165) is 0 Å². The summed E-state index contributed by atoms with van der Waals surface area (Å²) in [4.78, 5) is 36.5. The molecule has 1 amide bonds. The van der Waals surface area contributed by atoms with Crippen LogP contribution in [0.4, 0.5) is 5.69 Å². The van der Waals surface area contributed by atoms with Crippen LogP contribution in [0.1, 0.15) is 12.8 Å². The highest BCUT2D eigenvalue weighted by atomic mass is 16.5. The summed E-state index contributed by atoms with van der Waals surface area (Å²) in [6, 6.07) is 14.5. The minimum Gasteiger partial charge on any atom is -0.497 e. The van der Waals surface area contributed by atoms with Crippen molar-refractivity contribution in [2.24, 2.45) is 0 Å². The number of methoxy groups -OCH3 is 1. The van der Waals surface area contributed by atoms with Crippen LogP contribution in [0.5, 0.6) is 11.5 Å². The Morgan fingerprint density at radius 2 is 1.74 bits per heavy atom. The van der Waals surface area contributed by atoms with Gasteiger partial charge in [0, 0.05) is 12.1 Å². The number of carboxylic acids is 1. The Hall–Kier alpha value is -3.35. The minimum absolute atomic E-state index is 0.00192. The third kappa shape index (κ3) is 5.85. The number of rotatable bonds is 10. The summed E-state index contributed by atoms with van der Waals surface area (Å²) < 4.78 is 10.6. The van der Waals surface area contributed by atoms with Crippen LogP contribution < -0.4 is 14.4 Å². The smallest absolute Gasteiger partial charge is 0.303 e. The van der Waals surface area contributed by atoms with Gasteiger partial charge in [-0.15, -0.1) is 0 Å². The summed E-state index contributed by atoms with van der Waals surface area (Å²) in [7, 11) is 1.52. The van der Waals surface area contributed by atoms with Crippen LogP contribution in [0.25, 0.3) is 0 Å². The molecule has 0 bridgehead atoms. The first kappa shape index (κ1) is 20.0. The number of para-hydroxylation sites is 1. The maximum atomic E-state index is 12.8. The molecule has 7 heteroatoms. The number of aldehydes is 1. The van der Waals surface area contributed by atoms with E-state index in [-0.39, 0.29) is 19.4 Å². The van der Waals surface area contributed by atoms with E-state index in [9.17, 15) is 14.4 Å². The molecule has 0 saturated carbocycles. The van der Waals surface area contributed by atoms with Gasteiger partial charge >= 0.3 is 5.97 Å². The van der Waals surface area contributed by atoms with E-state index in [1.54, 1.807) is 48.5 Å². The zero-order valence-electron chi connectivity index (χ0n) is 14.9. The van der Waals surface area contributed by atoms with E-state index in [1.807, 2.05) is 6.07 Å². The van der Waals surface area contributed by atoms with Gasteiger partial charge in [-0.05, 0) is 42.8 Å². The predicted molar refractivity (Wildman–Crippen MR) is 99.1 cm³/mol. The van der Waals surface area contributed by atoms with Crippen LogP contribution >= 0.6 is 0 Å². The van der Waals surface area contributed by atoms with Gasteiger partial charge < -0.3 is 19.4 Å². The lowest BCUT2D eigenvalue weighted by Crippen LogP contribution is -2.44. The highest BCUT2D eigenvalue weighted by molar-refractivity contribution is 5.98. The van der Waals surface area contributed by atoms with Crippen LogP contribution in [-0.4, -0.2) is 43.0 Å². The average Bonchev–Trinajstić information content (AvgIpc) is 2.70. The number of aliphatic carboxylic acids is 1. The van der Waals surface area contributed by atoms with Crippen molar-refractivity contribution in [3.05, 3.63) is 54.6 Å². The quantitative estimate of drug-likeness (QED) is 0.645. The molecule has 1 unspecified atom stereocenters. The van der Waals surface area contributed by atoms with Gasteiger partial charge in [-0.25, -0.2) is 0 Å². The molecule has 0 aromatic heterocycles. The van der Waals surface area contributed by atoms with Crippen LogP contribution in [0, 0.1) is 0 Å². The molecule has 2 aromatic rings. The van der Waals surface area contributed by atoms with Gasteiger partial charge in [0.2, 0.25) is 0 Å². The fraction of sp³-hybridized carbons (Fsp3) is 0.250. The average molecular weight is 371 g/mol. The molecular weight excluding hydrogens is 350 g/mol. The molecule has 0 fully saturated rings. The lowest BCUT2D eigenvalue weighted by Gasteiger charge is -2.28. The Morgan fingerprint density at radius 3 is 2.30 bits per heavy atom. The molecule has 2 aromatic carbocycles.